The second-order valence-electron chi connectivity index (χ2n) is 7.25. The summed E-state index contributed by atoms with van der Waals surface area (Å²) in [6.07, 6.45) is 0. The van der Waals surface area contributed by atoms with Crippen molar-refractivity contribution in [2.75, 3.05) is 18.5 Å². The molecule has 3 aromatic carbocycles. The molecule has 0 aliphatic rings. The number of ether oxygens (including phenoxy) is 2. The number of hydrogen-bond acceptors (Lipinski definition) is 5. The van der Waals surface area contributed by atoms with E-state index in [4.69, 9.17) is 32.7 Å². The van der Waals surface area contributed by atoms with Gasteiger partial charge in [0.1, 0.15) is 5.75 Å². The number of nitrogens with one attached hydrogen (secondary N) is 1. The Hall–Kier alpha value is -3.61. The number of hydrogen-bond donors (Lipinski definition) is 1. The molecular weight excluding hydrogens is 475 g/mol. The molecular formula is C26H20Cl2N2O4. The van der Waals surface area contributed by atoms with Crippen molar-refractivity contribution in [3.05, 3.63) is 88.4 Å². The number of fused-ring (bicyclic) bond motifs is 1. The number of aromatic nitrogens is 1. The van der Waals surface area contributed by atoms with E-state index in [0.717, 1.165) is 0 Å². The number of rotatable bonds is 7. The molecule has 8 heteroatoms. The summed E-state index contributed by atoms with van der Waals surface area (Å²) in [6, 6.07) is 20.9. The van der Waals surface area contributed by atoms with Crippen LogP contribution in [0.25, 0.3) is 22.2 Å². The van der Waals surface area contributed by atoms with E-state index in [1.807, 2.05) is 13.0 Å². The van der Waals surface area contributed by atoms with Gasteiger partial charge in [-0.3, -0.25) is 4.79 Å². The predicted molar refractivity (Wildman–Crippen MR) is 134 cm³/mol. The van der Waals surface area contributed by atoms with E-state index in [-0.39, 0.29) is 5.56 Å². The van der Waals surface area contributed by atoms with Crippen LogP contribution < -0.4 is 10.1 Å². The van der Waals surface area contributed by atoms with Gasteiger partial charge >= 0.3 is 5.97 Å². The molecule has 4 aromatic rings. The first kappa shape index (κ1) is 23.5. The fraction of sp³-hybridized carbons (Fsp3) is 0.115. The molecule has 4 rings (SSSR count). The Bertz CT molecular complexity index is 1370. The minimum atomic E-state index is -0.654. The van der Waals surface area contributed by atoms with E-state index in [9.17, 15) is 9.59 Å². The first-order valence-electron chi connectivity index (χ1n) is 10.5. The van der Waals surface area contributed by atoms with Gasteiger partial charge in [0.15, 0.2) is 6.61 Å². The number of para-hydroxylation sites is 3. The number of anilines is 1. The summed E-state index contributed by atoms with van der Waals surface area (Å²) >= 11 is 12.4. The van der Waals surface area contributed by atoms with E-state index in [1.165, 1.54) is 0 Å². The van der Waals surface area contributed by atoms with Crippen molar-refractivity contribution in [3.63, 3.8) is 0 Å². The molecule has 34 heavy (non-hydrogen) atoms. The highest BCUT2D eigenvalue weighted by Crippen LogP contribution is 2.32. The molecule has 0 unspecified atom stereocenters. The summed E-state index contributed by atoms with van der Waals surface area (Å²) in [5, 5.41) is 4.20. The standard InChI is InChI=1S/C26H20Cl2N2O4/c1-2-33-24-10-6-5-9-22(24)30-25(31)15-34-26(32)19-14-23(18-12-11-16(27)13-20(18)28)29-21-8-4-3-7-17(19)21/h3-14H,2,15H2,1H3,(H,30,31). The second kappa shape index (κ2) is 10.5. The third-order valence-corrected chi connectivity index (χ3v) is 5.49. The van der Waals surface area contributed by atoms with Crippen molar-refractivity contribution in [1.82, 2.24) is 4.98 Å². The highest BCUT2D eigenvalue weighted by atomic mass is 35.5. The highest BCUT2D eigenvalue weighted by molar-refractivity contribution is 6.36. The second-order valence-corrected chi connectivity index (χ2v) is 8.09. The van der Waals surface area contributed by atoms with E-state index in [1.54, 1.807) is 66.7 Å². The van der Waals surface area contributed by atoms with Crippen molar-refractivity contribution in [1.29, 1.82) is 0 Å². The average Bonchev–Trinajstić information content (AvgIpc) is 2.83. The highest BCUT2D eigenvalue weighted by Gasteiger charge is 2.18. The number of carbonyl (C=O) groups excluding carboxylic acids is 2. The molecule has 172 valence electrons. The molecule has 6 nitrogen and oxygen atoms in total. The van der Waals surface area contributed by atoms with Crippen LogP contribution in [0, 0.1) is 0 Å². The number of amides is 1. The molecule has 0 aliphatic heterocycles. The minimum Gasteiger partial charge on any atom is -0.492 e. The van der Waals surface area contributed by atoms with Crippen LogP contribution in [-0.4, -0.2) is 30.1 Å². The monoisotopic (exact) mass is 494 g/mol. The van der Waals surface area contributed by atoms with Crippen LogP contribution in [0.2, 0.25) is 10.0 Å². The summed E-state index contributed by atoms with van der Waals surface area (Å²) < 4.78 is 10.8. The zero-order valence-electron chi connectivity index (χ0n) is 18.2. The zero-order chi connectivity index (χ0) is 24.1. The number of esters is 1. The van der Waals surface area contributed by atoms with Crippen LogP contribution in [0.15, 0.2) is 72.8 Å². The third kappa shape index (κ3) is 5.30. The fourth-order valence-corrected chi connectivity index (χ4v) is 3.93. The van der Waals surface area contributed by atoms with Crippen molar-refractivity contribution < 1.29 is 19.1 Å². The molecule has 0 atom stereocenters. The van der Waals surface area contributed by atoms with Gasteiger partial charge in [0.05, 0.1) is 34.1 Å². The van der Waals surface area contributed by atoms with Crippen molar-refractivity contribution in [3.8, 4) is 17.0 Å². The van der Waals surface area contributed by atoms with Gasteiger partial charge in [0, 0.05) is 16.0 Å². The maximum atomic E-state index is 13.0. The predicted octanol–water partition coefficient (Wildman–Crippen LogP) is 6.40. The Morgan fingerprint density at radius 1 is 0.971 bits per heavy atom. The maximum absolute atomic E-state index is 13.0. The fourth-order valence-electron chi connectivity index (χ4n) is 3.43. The third-order valence-electron chi connectivity index (χ3n) is 4.94. The van der Waals surface area contributed by atoms with Gasteiger partial charge in [-0.2, -0.15) is 0 Å². The van der Waals surface area contributed by atoms with Crippen LogP contribution in [0.4, 0.5) is 5.69 Å². The summed E-state index contributed by atoms with van der Waals surface area (Å²) in [7, 11) is 0. The Balaban J connectivity index is 1.57. The average molecular weight is 495 g/mol. The summed E-state index contributed by atoms with van der Waals surface area (Å²) in [5.41, 5.74) is 2.47. The van der Waals surface area contributed by atoms with Crippen molar-refractivity contribution in [2.24, 2.45) is 0 Å². The lowest BCUT2D eigenvalue weighted by Crippen LogP contribution is -2.21. The lowest BCUT2D eigenvalue weighted by atomic mass is 10.0. The van der Waals surface area contributed by atoms with Gasteiger partial charge in [-0.05, 0) is 49.4 Å². The molecule has 1 amide bonds. The molecule has 0 bridgehead atoms. The van der Waals surface area contributed by atoms with Crippen LogP contribution in [-0.2, 0) is 9.53 Å². The van der Waals surface area contributed by atoms with E-state index >= 15 is 0 Å². The molecule has 0 fully saturated rings. The Morgan fingerprint density at radius 3 is 2.53 bits per heavy atom. The van der Waals surface area contributed by atoms with Crippen LogP contribution in [0.3, 0.4) is 0 Å². The van der Waals surface area contributed by atoms with E-state index in [2.05, 4.69) is 10.3 Å². The Labute approximate surface area is 206 Å². The first-order valence-corrected chi connectivity index (χ1v) is 11.3. The van der Waals surface area contributed by atoms with Crippen molar-refractivity contribution in [2.45, 2.75) is 6.92 Å². The maximum Gasteiger partial charge on any atom is 0.339 e. The molecule has 0 saturated carbocycles. The molecule has 1 aromatic heterocycles. The Kier molecular flexibility index (Phi) is 7.30. The van der Waals surface area contributed by atoms with Gasteiger partial charge in [0.25, 0.3) is 5.91 Å². The lowest BCUT2D eigenvalue weighted by Gasteiger charge is -2.12. The van der Waals surface area contributed by atoms with Crippen LogP contribution in [0.5, 0.6) is 5.75 Å². The van der Waals surface area contributed by atoms with Crippen LogP contribution >= 0.6 is 23.2 Å². The van der Waals surface area contributed by atoms with E-state index < -0.39 is 18.5 Å². The smallest absolute Gasteiger partial charge is 0.339 e. The molecule has 0 spiro atoms. The number of benzene rings is 3. The number of pyridine rings is 1. The topological polar surface area (TPSA) is 77.5 Å². The van der Waals surface area contributed by atoms with Gasteiger partial charge in [-0.25, -0.2) is 9.78 Å². The molecule has 1 N–H and O–H groups in total. The Morgan fingerprint density at radius 2 is 1.74 bits per heavy atom. The zero-order valence-corrected chi connectivity index (χ0v) is 19.7. The number of halogens is 2. The van der Waals surface area contributed by atoms with Crippen molar-refractivity contribution >= 4 is 51.7 Å². The van der Waals surface area contributed by atoms with E-state index in [0.29, 0.717) is 50.2 Å². The van der Waals surface area contributed by atoms with Gasteiger partial charge < -0.3 is 14.8 Å². The summed E-state index contributed by atoms with van der Waals surface area (Å²) in [4.78, 5) is 30.1. The lowest BCUT2D eigenvalue weighted by molar-refractivity contribution is -0.119. The quantitative estimate of drug-likeness (QED) is 0.300. The summed E-state index contributed by atoms with van der Waals surface area (Å²) in [6.45, 7) is 1.84. The number of nitrogens with zero attached hydrogens (tertiary/aromatic N) is 1. The van der Waals surface area contributed by atoms with Gasteiger partial charge in [-0.15, -0.1) is 0 Å². The number of carbonyl (C=O) groups is 2. The van der Waals surface area contributed by atoms with Crippen LogP contribution in [0.1, 0.15) is 17.3 Å². The molecule has 0 radical (unpaired) electrons. The largest absolute Gasteiger partial charge is 0.492 e. The molecule has 0 saturated heterocycles. The molecule has 0 aliphatic carbocycles. The normalized spacial score (nSPS) is 10.7. The van der Waals surface area contributed by atoms with Gasteiger partial charge in [0.2, 0.25) is 0 Å². The van der Waals surface area contributed by atoms with Gasteiger partial charge in [-0.1, -0.05) is 53.5 Å². The first-order chi connectivity index (χ1) is 16.5. The SMILES string of the molecule is CCOc1ccccc1NC(=O)COC(=O)c1cc(-c2ccc(Cl)cc2Cl)nc2ccccc12. The summed E-state index contributed by atoms with van der Waals surface area (Å²) in [5.74, 6) is -0.604. The minimum absolute atomic E-state index is 0.272. The molecule has 1 heterocycles.